The lowest BCUT2D eigenvalue weighted by Gasteiger charge is -2.33. The molecule has 60 valence electrons. The van der Waals surface area contributed by atoms with Gasteiger partial charge in [0.1, 0.15) is 6.10 Å². The molecule has 0 aromatic carbocycles. The van der Waals surface area contributed by atoms with E-state index in [4.69, 9.17) is 21.7 Å². The number of hydrogen-bond acceptors (Lipinski definition) is 5. The number of ether oxygens (including phenoxy) is 1. The van der Waals surface area contributed by atoms with E-state index >= 15 is 0 Å². The molecule has 0 aromatic rings. The Kier molecular flexibility index (Phi) is 2.22. The molecule has 5 heteroatoms. The van der Waals surface area contributed by atoms with Crippen molar-refractivity contribution in [3.8, 4) is 0 Å². The van der Waals surface area contributed by atoms with Crippen molar-refractivity contribution in [2.45, 2.75) is 24.5 Å². The van der Waals surface area contributed by atoms with E-state index in [1.54, 1.807) is 0 Å². The average Bonchev–Trinajstić information content (AvgIpc) is 1.93. The normalized spacial score (nSPS) is 49.2. The fourth-order valence-electron chi connectivity index (χ4n) is 0.863. The van der Waals surface area contributed by atoms with E-state index in [9.17, 15) is 0 Å². The van der Waals surface area contributed by atoms with Crippen LogP contribution in [0.25, 0.3) is 0 Å². The molecule has 0 amide bonds. The second-order valence-corrected chi connectivity index (χ2v) is 2.46. The van der Waals surface area contributed by atoms with Gasteiger partial charge in [-0.2, -0.15) is 0 Å². The highest BCUT2D eigenvalue weighted by atomic mass is 16.6. The summed E-state index contributed by atoms with van der Waals surface area (Å²) in [6.45, 7) is 0.194. The standard InChI is InChI=1S/C5H12N2O3/c6-2-1-10-5(9)4(8)3(2)7/h2-5,8-9H,1,6-7H2/t2-,3+,4-,5-/m0/s1. The van der Waals surface area contributed by atoms with Crippen molar-refractivity contribution in [2.24, 2.45) is 11.5 Å². The highest BCUT2D eigenvalue weighted by molar-refractivity contribution is 4.87. The van der Waals surface area contributed by atoms with Crippen LogP contribution < -0.4 is 11.5 Å². The van der Waals surface area contributed by atoms with Crippen molar-refractivity contribution in [1.29, 1.82) is 0 Å². The maximum absolute atomic E-state index is 9.04. The Hall–Kier alpha value is -0.200. The monoisotopic (exact) mass is 148 g/mol. The predicted octanol–water partition coefficient (Wildman–Crippen LogP) is -2.65. The number of nitrogens with two attached hydrogens (primary N) is 2. The van der Waals surface area contributed by atoms with Crippen LogP contribution in [0.5, 0.6) is 0 Å². The Balaban J connectivity index is 2.52. The molecule has 1 heterocycles. The summed E-state index contributed by atoms with van der Waals surface area (Å²) in [5.74, 6) is 0. The number of hydrogen-bond donors (Lipinski definition) is 4. The lowest BCUT2D eigenvalue weighted by atomic mass is 10.0. The third kappa shape index (κ3) is 1.28. The largest absolute Gasteiger partial charge is 0.386 e. The van der Waals surface area contributed by atoms with E-state index in [1.165, 1.54) is 0 Å². The summed E-state index contributed by atoms with van der Waals surface area (Å²) in [6, 6.07) is -0.984. The third-order valence-electron chi connectivity index (χ3n) is 1.64. The van der Waals surface area contributed by atoms with Gasteiger partial charge in [0.05, 0.1) is 12.6 Å². The smallest absolute Gasteiger partial charge is 0.182 e. The SMILES string of the molecule is N[C@H]1[C@H](O)[C@@H](O)OC[C@@H]1N. The Bertz CT molecular complexity index is 107. The molecule has 0 radical (unpaired) electrons. The Morgan fingerprint density at radius 2 is 1.90 bits per heavy atom. The minimum atomic E-state index is -1.19. The van der Waals surface area contributed by atoms with Gasteiger partial charge in [0.2, 0.25) is 0 Å². The van der Waals surface area contributed by atoms with Crippen LogP contribution >= 0.6 is 0 Å². The Morgan fingerprint density at radius 1 is 1.30 bits per heavy atom. The fraction of sp³-hybridized carbons (Fsp3) is 1.00. The van der Waals surface area contributed by atoms with E-state index in [2.05, 4.69) is 4.74 Å². The van der Waals surface area contributed by atoms with Crippen LogP contribution in [0.2, 0.25) is 0 Å². The zero-order chi connectivity index (χ0) is 7.72. The average molecular weight is 148 g/mol. The van der Waals surface area contributed by atoms with Crippen LogP contribution in [0, 0.1) is 0 Å². The zero-order valence-corrected chi connectivity index (χ0v) is 5.47. The number of aliphatic hydroxyl groups is 2. The molecule has 0 spiro atoms. The van der Waals surface area contributed by atoms with Crippen molar-refractivity contribution in [1.82, 2.24) is 0 Å². The minimum absolute atomic E-state index is 0.194. The molecule has 5 nitrogen and oxygen atoms in total. The van der Waals surface area contributed by atoms with Crippen LogP contribution in [-0.4, -0.2) is 41.3 Å². The lowest BCUT2D eigenvalue weighted by molar-refractivity contribution is -0.196. The van der Waals surface area contributed by atoms with Crippen LogP contribution in [0.15, 0.2) is 0 Å². The topological polar surface area (TPSA) is 102 Å². The third-order valence-corrected chi connectivity index (χ3v) is 1.64. The van der Waals surface area contributed by atoms with Gasteiger partial charge in [-0.05, 0) is 0 Å². The first kappa shape index (κ1) is 7.90. The molecule has 1 rings (SSSR count). The maximum Gasteiger partial charge on any atom is 0.182 e. The molecule has 0 saturated carbocycles. The van der Waals surface area contributed by atoms with Crippen LogP contribution in [-0.2, 0) is 4.74 Å². The van der Waals surface area contributed by atoms with Crippen molar-refractivity contribution < 1.29 is 14.9 Å². The van der Waals surface area contributed by atoms with E-state index in [0.717, 1.165) is 0 Å². The van der Waals surface area contributed by atoms with E-state index < -0.39 is 24.5 Å². The van der Waals surface area contributed by atoms with Crippen molar-refractivity contribution >= 4 is 0 Å². The summed E-state index contributed by atoms with van der Waals surface area (Å²) >= 11 is 0. The summed E-state index contributed by atoms with van der Waals surface area (Å²) in [5, 5.41) is 17.9. The summed E-state index contributed by atoms with van der Waals surface area (Å²) in [7, 11) is 0. The van der Waals surface area contributed by atoms with Gasteiger partial charge in [-0.25, -0.2) is 0 Å². The van der Waals surface area contributed by atoms with Gasteiger partial charge in [0, 0.05) is 6.04 Å². The first-order valence-electron chi connectivity index (χ1n) is 3.12. The summed E-state index contributed by atoms with van der Waals surface area (Å²) in [5.41, 5.74) is 10.8. The van der Waals surface area contributed by atoms with Gasteiger partial charge >= 0.3 is 0 Å². The molecule has 1 aliphatic rings. The molecule has 0 unspecified atom stereocenters. The highest BCUT2D eigenvalue weighted by Gasteiger charge is 2.33. The van der Waals surface area contributed by atoms with Gasteiger partial charge in [-0.15, -0.1) is 0 Å². The molecule has 0 aromatic heterocycles. The number of aliphatic hydroxyl groups excluding tert-OH is 2. The summed E-state index contributed by atoms with van der Waals surface area (Å²) in [4.78, 5) is 0. The van der Waals surface area contributed by atoms with Crippen LogP contribution in [0.3, 0.4) is 0 Å². The molecule has 1 saturated heterocycles. The summed E-state index contributed by atoms with van der Waals surface area (Å²) in [6.07, 6.45) is -2.25. The Labute approximate surface area is 58.6 Å². The first-order chi connectivity index (χ1) is 4.63. The molecular formula is C5H12N2O3. The van der Waals surface area contributed by atoms with Gasteiger partial charge in [-0.3, -0.25) is 0 Å². The van der Waals surface area contributed by atoms with E-state index in [1.807, 2.05) is 0 Å². The van der Waals surface area contributed by atoms with Gasteiger partial charge in [0.15, 0.2) is 6.29 Å². The van der Waals surface area contributed by atoms with Gasteiger partial charge in [-0.1, -0.05) is 0 Å². The van der Waals surface area contributed by atoms with Crippen LogP contribution in [0.1, 0.15) is 0 Å². The molecule has 10 heavy (non-hydrogen) atoms. The first-order valence-corrected chi connectivity index (χ1v) is 3.12. The maximum atomic E-state index is 9.04. The predicted molar refractivity (Wildman–Crippen MR) is 33.9 cm³/mol. The lowest BCUT2D eigenvalue weighted by Crippen LogP contribution is -2.60. The molecule has 1 aliphatic heterocycles. The van der Waals surface area contributed by atoms with Crippen molar-refractivity contribution in [2.75, 3.05) is 6.61 Å². The van der Waals surface area contributed by atoms with Crippen molar-refractivity contribution in [3.05, 3.63) is 0 Å². The fourth-order valence-corrected chi connectivity index (χ4v) is 0.863. The zero-order valence-electron chi connectivity index (χ0n) is 5.47. The van der Waals surface area contributed by atoms with Crippen LogP contribution in [0.4, 0.5) is 0 Å². The quantitative estimate of drug-likeness (QED) is 0.300. The van der Waals surface area contributed by atoms with Gasteiger partial charge < -0.3 is 26.4 Å². The molecule has 4 atom stereocenters. The molecule has 6 N–H and O–H groups in total. The summed E-state index contributed by atoms with van der Waals surface area (Å²) < 4.78 is 4.67. The Morgan fingerprint density at radius 3 is 2.40 bits per heavy atom. The second-order valence-electron chi connectivity index (χ2n) is 2.46. The molecular weight excluding hydrogens is 136 g/mol. The highest BCUT2D eigenvalue weighted by Crippen LogP contribution is 2.09. The molecule has 0 aliphatic carbocycles. The molecule has 1 fully saturated rings. The molecule has 0 bridgehead atoms. The number of rotatable bonds is 0. The van der Waals surface area contributed by atoms with E-state index in [-0.39, 0.29) is 6.61 Å². The van der Waals surface area contributed by atoms with Gasteiger partial charge in [0.25, 0.3) is 0 Å². The minimum Gasteiger partial charge on any atom is -0.386 e. The second kappa shape index (κ2) is 2.81. The van der Waals surface area contributed by atoms with E-state index in [0.29, 0.717) is 0 Å². The van der Waals surface area contributed by atoms with Crippen molar-refractivity contribution in [3.63, 3.8) is 0 Å².